The third kappa shape index (κ3) is 4.74. The first-order valence-electron chi connectivity index (χ1n) is 10.9. The minimum Gasteiger partial charge on any atom is -0.378 e. The number of guanidine groups is 1. The van der Waals surface area contributed by atoms with Gasteiger partial charge < -0.3 is 19.5 Å². The molecular weight excluding hydrogens is 481 g/mol. The van der Waals surface area contributed by atoms with Gasteiger partial charge in [-0.25, -0.2) is 0 Å². The number of aromatic nitrogens is 1. The lowest BCUT2D eigenvalue weighted by Gasteiger charge is -2.55. The Bertz CT molecular complexity index is 680. The molecule has 1 spiro atoms. The average Bonchev–Trinajstić information content (AvgIpc) is 3.36. The lowest BCUT2D eigenvalue weighted by molar-refractivity contribution is -0.126. The lowest BCUT2D eigenvalue weighted by atomic mass is 9.60. The predicted molar refractivity (Wildman–Crippen MR) is 125 cm³/mol. The van der Waals surface area contributed by atoms with E-state index in [2.05, 4.69) is 32.2 Å². The molecule has 2 atom stereocenters. The van der Waals surface area contributed by atoms with Crippen molar-refractivity contribution in [2.75, 3.05) is 39.8 Å². The molecule has 2 unspecified atom stereocenters. The maximum absolute atomic E-state index is 6.07. The summed E-state index contributed by atoms with van der Waals surface area (Å²) in [6, 6.07) is 2.53. The van der Waals surface area contributed by atoms with E-state index in [9.17, 15) is 0 Å². The van der Waals surface area contributed by atoms with E-state index in [1.807, 2.05) is 20.0 Å². The highest BCUT2D eigenvalue weighted by atomic mass is 127. The largest absolute Gasteiger partial charge is 0.378 e. The summed E-state index contributed by atoms with van der Waals surface area (Å²) in [7, 11) is 1.91. The van der Waals surface area contributed by atoms with E-state index >= 15 is 0 Å². The van der Waals surface area contributed by atoms with Crippen molar-refractivity contribution in [1.82, 2.24) is 20.3 Å². The van der Waals surface area contributed by atoms with Gasteiger partial charge in [0.25, 0.3) is 0 Å². The minimum atomic E-state index is 0. The Morgan fingerprint density at radius 2 is 2.03 bits per heavy atom. The highest BCUT2D eigenvalue weighted by molar-refractivity contribution is 14.0. The zero-order chi connectivity index (χ0) is 19.6. The van der Waals surface area contributed by atoms with E-state index < -0.39 is 0 Å². The number of hydrogen-bond acceptors (Lipinski definition) is 5. The molecule has 1 aromatic heterocycles. The number of hydrogen-bond donors (Lipinski definition) is 1. The number of ether oxygens (including phenoxy) is 1. The molecule has 1 saturated heterocycles. The Balaban J connectivity index is 0.00000240. The van der Waals surface area contributed by atoms with Gasteiger partial charge in [0.15, 0.2) is 5.96 Å². The molecule has 3 fully saturated rings. The second-order valence-electron chi connectivity index (χ2n) is 8.56. The summed E-state index contributed by atoms with van der Waals surface area (Å²) < 4.78 is 11.3. The molecule has 4 rings (SSSR count). The third-order valence-corrected chi connectivity index (χ3v) is 6.94. The Morgan fingerprint density at radius 1 is 1.31 bits per heavy atom. The molecule has 1 aromatic rings. The number of aryl methyl sites for hydroxylation is 1. The molecule has 7 nitrogen and oxygen atoms in total. The summed E-state index contributed by atoms with van der Waals surface area (Å²) in [5.41, 5.74) is 1.35. The number of piperazine rings is 1. The summed E-state index contributed by atoms with van der Waals surface area (Å²) in [5.74, 6) is 1.94. The van der Waals surface area contributed by atoms with Crippen LogP contribution in [0.4, 0.5) is 0 Å². The van der Waals surface area contributed by atoms with Crippen molar-refractivity contribution in [1.29, 1.82) is 0 Å². The Morgan fingerprint density at radius 3 is 2.62 bits per heavy atom. The average molecular weight is 517 g/mol. The summed E-state index contributed by atoms with van der Waals surface area (Å²) in [4.78, 5) is 9.46. The van der Waals surface area contributed by atoms with Crippen LogP contribution in [0.1, 0.15) is 50.5 Å². The Hall–Kier alpha value is -0.870. The van der Waals surface area contributed by atoms with E-state index in [1.165, 1.54) is 25.7 Å². The van der Waals surface area contributed by atoms with Crippen LogP contribution < -0.4 is 5.32 Å². The lowest BCUT2D eigenvalue weighted by Crippen LogP contribution is -2.66. The molecule has 0 bridgehead atoms. The molecule has 2 saturated carbocycles. The molecule has 164 valence electrons. The van der Waals surface area contributed by atoms with Crippen LogP contribution in [0.15, 0.2) is 15.6 Å². The van der Waals surface area contributed by atoms with Crippen LogP contribution in [0.3, 0.4) is 0 Å². The summed E-state index contributed by atoms with van der Waals surface area (Å²) in [6.07, 6.45) is 6.78. The van der Waals surface area contributed by atoms with Crippen LogP contribution in [-0.4, -0.2) is 72.9 Å². The van der Waals surface area contributed by atoms with E-state index in [0.29, 0.717) is 17.6 Å². The van der Waals surface area contributed by atoms with Crippen molar-refractivity contribution in [2.45, 2.75) is 64.6 Å². The van der Waals surface area contributed by atoms with E-state index in [-0.39, 0.29) is 24.0 Å². The smallest absolute Gasteiger partial charge is 0.193 e. The number of halogens is 1. The third-order valence-electron chi connectivity index (χ3n) is 6.94. The monoisotopic (exact) mass is 517 g/mol. The van der Waals surface area contributed by atoms with Crippen molar-refractivity contribution in [3.8, 4) is 0 Å². The van der Waals surface area contributed by atoms with Crippen molar-refractivity contribution in [3.05, 3.63) is 17.5 Å². The maximum atomic E-state index is 6.07. The number of aliphatic imine (C=N–C) groups is 1. The van der Waals surface area contributed by atoms with Gasteiger partial charge in [-0.2, -0.15) is 0 Å². The van der Waals surface area contributed by atoms with Crippen LogP contribution in [0.5, 0.6) is 0 Å². The van der Waals surface area contributed by atoms with Gasteiger partial charge in [0.05, 0.1) is 11.8 Å². The van der Waals surface area contributed by atoms with Gasteiger partial charge in [-0.1, -0.05) is 18.0 Å². The van der Waals surface area contributed by atoms with Crippen molar-refractivity contribution < 1.29 is 9.26 Å². The standard InChI is InChI=1S/C21H35N5O2.HI/c1-4-27-19-14-18(21(19)7-5-6-8-21)23-20(22-3)26-11-9-25(10-12-26)15-17-13-16(2)28-24-17;/h13,18-19H,4-12,14-15H2,1-3H3,(H,22,23);1H. The molecule has 2 aliphatic carbocycles. The fraction of sp³-hybridized carbons (Fsp3) is 0.810. The van der Waals surface area contributed by atoms with Gasteiger partial charge in [0.1, 0.15) is 5.76 Å². The van der Waals surface area contributed by atoms with Crippen LogP contribution >= 0.6 is 24.0 Å². The summed E-state index contributed by atoms with van der Waals surface area (Å²) in [6.45, 7) is 9.75. The normalized spacial score (nSPS) is 27.0. The Kier molecular flexibility index (Phi) is 7.83. The van der Waals surface area contributed by atoms with E-state index in [0.717, 1.165) is 63.2 Å². The van der Waals surface area contributed by atoms with Gasteiger partial charge >= 0.3 is 0 Å². The van der Waals surface area contributed by atoms with Gasteiger partial charge in [-0.05, 0) is 33.1 Å². The molecule has 0 radical (unpaired) electrons. The molecular formula is C21H36IN5O2. The molecule has 2 heterocycles. The molecule has 0 amide bonds. The summed E-state index contributed by atoms with van der Waals surface area (Å²) in [5, 5.41) is 7.93. The molecule has 29 heavy (non-hydrogen) atoms. The van der Waals surface area contributed by atoms with Gasteiger partial charge in [0, 0.05) is 63.9 Å². The van der Waals surface area contributed by atoms with Gasteiger partial charge in [-0.3, -0.25) is 9.89 Å². The fourth-order valence-corrected chi connectivity index (χ4v) is 5.38. The van der Waals surface area contributed by atoms with E-state index in [1.54, 1.807) is 0 Å². The first-order valence-corrected chi connectivity index (χ1v) is 10.9. The molecule has 8 heteroatoms. The zero-order valence-electron chi connectivity index (χ0n) is 18.0. The van der Waals surface area contributed by atoms with Crippen molar-refractivity contribution >= 4 is 29.9 Å². The van der Waals surface area contributed by atoms with Crippen LogP contribution in [-0.2, 0) is 11.3 Å². The molecule has 1 N–H and O–H groups in total. The highest BCUT2D eigenvalue weighted by Crippen LogP contribution is 2.54. The van der Waals surface area contributed by atoms with Gasteiger partial charge in [0.2, 0.25) is 0 Å². The minimum absolute atomic E-state index is 0. The highest BCUT2D eigenvalue weighted by Gasteiger charge is 2.57. The molecule has 3 aliphatic rings. The van der Waals surface area contributed by atoms with Crippen LogP contribution in [0.25, 0.3) is 0 Å². The van der Waals surface area contributed by atoms with Crippen LogP contribution in [0.2, 0.25) is 0 Å². The second kappa shape index (κ2) is 9.96. The van der Waals surface area contributed by atoms with Crippen molar-refractivity contribution in [2.24, 2.45) is 10.4 Å². The number of nitrogens with zero attached hydrogens (tertiary/aromatic N) is 4. The fourth-order valence-electron chi connectivity index (χ4n) is 5.38. The van der Waals surface area contributed by atoms with E-state index in [4.69, 9.17) is 9.26 Å². The second-order valence-corrected chi connectivity index (χ2v) is 8.56. The first-order chi connectivity index (χ1) is 13.6. The summed E-state index contributed by atoms with van der Waals surface area (Å²) >= 11 is 0. The maximum Gasteiger partial charge on any atom is 0.193 e. The predicted octanol–water partition coefficient (Wildman–Crippen LogP) is 3.03. The molecule has 1 aliphatic heterocycles. The quantitative estimate of drug-likeness (QED) is 0.368. The number of rotatable bonds is 5. The Labute approximate surface area is 191 Å². The topological polar surface area (TPSA) is 66.1 Å². The number of nitrogens with one attached hydrogen (secondary N) is 1. The molecule has 0 aromatic carbocycles. The SMILES string of the molecule is CCOC1CC(NC(=NC)N2CCN(Cc3cc(C)on3)CC2)C12CCCC2.I. The first kappa shape index (κ1) is 22.8. The van der Waals surface area contributed by atoms with Gasteiger partial charge in [-0.15, -0.1) is 24.0 Å². The van der Waals surface area contributed by atoms with Crippen molar-refractivity contribution in [3.63, 3.8) is 0 Å². The zero-order valence-corrected chi connectivity index (χ0v) is 20.4. The van der Waals surface area contributed by atoms with Crippen LogP contribution in [0, 0.1) is 12.3 Å².